The van der Waals surface area contributed by atoms with Crippen LogP contribution in [0.1, 0.15) is 99.8 Å². The minimum absolute atomic E-state index is 0.0856. The first kappa shape index (κ1) is 28.9. The van der Waals surface area contributed by atoms with Crippen molar-refractivity contribution >= 4 is 12.6 Å². The lowest BCUT2D eigenvalue weighted by molar-refractivity contribution is 0.111. The molecule has 4 heteroatoms. The van der Waals surface area contributed by atoms with Gasteiger partial charge in [0.25, 0.3) is 0 Å². The molecule has 4 nitrogen and oxygen atoms in total. The number of fused-ring (bicyclic) bond motifs is 5. The number of hydrogen-bond donors (Lipinski definition) is 0. The molecule has 0 bridgehead atoms. The molecule has 4 aromatic rings. The van der Waals surface area contributed by atoms with Gasteiger partial charge in [-0.3, -0.25) is 9.59 Å². The van der Waals surface area contributed by atoms with Crippen molar-refractivity contribution in [2.45, 2.75) is 77.9 Å². The Bertz CT molecular complexity index is 1610. The summed E-state index contributed by atoms with van der Waals surface area (Å²) in [5, 5.41) is 0. The molecular formula is C39H40O4. The Kier molecular flexibility index (Phi) is 6.87. The highest BCUT2D eigenvalue weighted by Gasteiger charge is 2.66. The van der Waals surface area contributed by atoms with Crippen LogP contribution in [-0.2, 0) is 29.5 Å². The highest BCUT2D eigenvalue weighted by molar-refractivity contribution is 5.91. The van der Waals surface area contributed by atoms with Crippen LogP contribution in [0.2, 0.25) is 0 Å². The highest BCUT2D eigenvalue weighted by atomic mass is 16.5. The molecule has 0 saturated carbocycles. The molecule has 2 aliphatic rings. The number of carbonyl (C=O) groups excluding carboxylic acids is 2. The minimum atomic E-state index is -0.624. The smallest absolute Gasteiger partial charge is 0.154 e. The van der Waals surface area contributed by atoms with Crippen molar-refractivity contribution in [2.75, 3.05) is 0 Å². The number of aldehydes is 2. The summed E-state index contributed by atoms with van der Waals surface area (Å²) in [6.07, 6.45) is 1.92. The Morgan fingerprint density at radius 3 is 1.35 bits per heavy atom. The largest absolute Gasteiger partial charge is 0.488 e. The number of hydrogen-bond acceptors (Lipinski definition) is 4. The molecule has 0 fully saturated rings. The first-order valence-corrected chi connectivity index (χ1v) is 15.1. The van der Waals surface area contributed by atoms with E-state index in [9.17, 15) is 9.59 Å². The summed E-state index contributed by atoms with van der Waals surface area (Å²) in [6, 6.07) is 24.4. The topological polar surface area (TPSA) is 52.6 Å². The van der Waals surface area contributed by atoms with Crippen molar-refractivity contribution in [1.82, 2.24) is 0 Å². The Morgan fingerprint density at radius 2 is 1.00 bits per heavy atom. The standard InChI is InChI=1S/C39H40O4/c1-24-18-30-32(28(20-40)34(24)42-22-26-14-10-8-11-15-26)39(7)33-29(21-41)35(43-23-27-16-12-9-13-17-27)25(2)19-31(33)38(5,6)36(39)37(30,3)4/h8-21,36H,22-23H2,1-7H3. The quantitative estimate of drug-likeness (QED) is 0.198. The summed E-state index contributed by atoms with van der Waals surface area (Å²) in [6.45, 7) is 16.1. The van der Waals surface area contributed by atoms with E-state index < -0.39 is 5.41 Å². The van der Waals surface area contributed by atoms with Gasteiger partial charge in [0, 0.05) is 5.41 Å². The van der Waals surface area contributed by atoms with E-state index in [0.29, 0.717) is 35.8 Å². The van der Waals surface area contributed by atoms with Gasteiger partial charge in [-0.1, -0.05) is 107 Å². The number of benzene rings is 4. The predicted octanol–water partition coefficient (Wildman–Crippen LogP) is 8.59. The molecule has 2 aliphatic carbocycles. The van der Waals surface area contributed by atoms with Gasteiger partial charge >= 0.3 is 0 Å². The van der Waals surface area contributed by atoms with Crippen molar-refractivity contribution in [3.8, 4) is 11.5 Å². The third-order valence-electron chi connectivity index (χ3n) is 10.1. The van der Waals surface area contributed by atoms with Crippen LogP contribution in [0.4, 0.5) is 0 Å². The van der Waals surface area contributed by atoms with Crippen molar-refractivity contribution < 1.29 is 19.1 Å². The first-order valence-electron chi connectivity index (χ1n) is 15.1. The second-order valence-electron chi connectivity index (χ2n) is 13.6. The van der Waals surface area contributed by atoms with Crippen LogP contribution in [-0.4, -0.2) is 12.6 Å². The van der Waals surface area contributed by atoms with E-state index in [1.807, 2.05) is 74.5 Å². The average molecular weight is 573 g/mol. The molecule has 0 spiro atoms. The van der Waals surface area contributed by atoms with Gasteiger partial charge in [0.15, 0.2) is 12.6 Å². The maximum atomic E-state index is 13.1. The molecule has 0 atom stereocenters. The van der Waals surface area contributed by atoms with Crippen LogP contribution >= 0.6 is 0 Å². The number of aryl methyl sites for hydroxylation is 2. The van der Waals surface area contributed by atoms with Gasteiger partial charge in [-0.15, -0.1) is 0 Å². The zero-order valence-electron chi connectivity index (χ0n) is 26.2. The van der Waals surface area contributed by atoms with Crippen molar-refractivity contribution in [1.29, 1.82) is 0 Å². The third kappa shape index (κ3) is 4.17. The first-order chi connectivity index (χ1) is 20.5. The predicted molar refractivity (Wildman–Crippen MR) is 171 cm³/mol. The van der Waals surface area contributed by atoms with Crippen LogP contribution in [0.15, 0.2) is 72.8 Å². The van der Waals surface area contributed by atoms with Crippen molar-refractivity contribution in [3.05, 3.63) is 128 Å². The Labute approximate surface area is 255 Å². The molecule has 0 aromatic heterocycles. The van der Waals surface area contributed by atoms with Gasteiger partial charge in [-0.2, -0.15) is 0 Å². The van der Waals surface area contributed by atoms with E-state index >= 15 is 0 Å². The molecule has 4 aromatic carbocycles. The molecule has 0 N–H and O–H groups in total. The number of carbonyl (C=O) groups is 2. The van der Waals surface area contributed by atoms with Gasteiger partial charge in [0.05, 0.1) is 11.1 Å². The van der Waals surface area contributed by atoms with Gasteiger partial charge < -0.3 is 9.47 Å². The Hall–Kier alpha value is -4.18. The summed E-state index contributed by atoms with van der Waals surface area (Å²) in [4.78, 5) is 26.3. The SMILES string of the molecule is Cc1cc2c(c(C=O)c1OCc1ccccc1)C1(C)c3c(cc(C)c(OCc4ccccc4)c3C=O)C(C)(C)C1C2(C)C. The fourth-order valence-corrected chi connectivity index (χ4v) is 8.92. The Balaban J connectivity index is 1.58. The number of ether oxygens (including phenoxy) is 2. The van der Waals surface area contributed by atoms with Gasteiger partial charge in [0.2, 0.25) is 0 Å². The molecule has 43 heavy (non-hydrogen) atoms. The molecule has 220 valence electrons. The summed E-state index contributed by atoms with van der Waals surface area (Å²) >= 11 is 0. The molecule has 6 rings (SSSR count). The van der Waals surface area contributed by atoms with Crippen LogP contribution in [0.5, 0.6) is 11.5 Å². The second-order valence-corrected chi connectivity index (χ2v) is 13.6. The Morgan fingerprint density at radius 1 is 0.628 bits per heavy atom. The maximum Gasteiger partial charge on any atom is 0.154 e. The highest BCUT2D eigenvalue weighted by Crippen LogP contribution is 2.70. The van der Waals surface area contributed by atoms with Crippen LogP contribution in [0.3, 0.4) is 0 Å². The summed E-state index contributed by atoms with van der Waals surface area (Å²) in [5.74, 6) is 1.31. The fraction of sp³-hybridized carbons (Fsp3) is 0.333. The molecule has 0 amide bonds. The molecule has 0 radical (unpaired) electrons. The zero-order valence-corrected chi connectivity index (χ0v) is 26.2. The van der Waals surface area contributed by atoms with E-state index in [-0.39, 0.29) is 16.7 Å². The van der Waals surface area contributed by atoms with E-state index in [0.717, 1.165) is 57.1 Å². The van der Waals surface area contributed by atoms with Crippen molar-refractivity contribution in [2.24, 2.45) is 5.92 Å². The summed E-state index contributed by atoms with van der Waals surface area (Å²) in [7, 11) is 0. The monoisotopic (exact) mass is 572 g/mol. The third-order valence-corrected chi connectivity index (χ3v) is 10.1. The van der Waals surface area contributed by atoms with E-state index in [1.165, 1.54) is 0 Å². The van der Waals surface area contributed by atoms with Gasteiger partial charge in [-0.25, -0.2) is 0 Å². The van der Waals surface area contributed by atoms with E-state index in [4.69, 9.17) is 9.47 Å². The minimum Gasteiger partial charge on any atom is -0.488 e. The average Bonchev–Trinajstić information content (AvgIpc) is 3.29. The van der Waals surface area contributed by atoms with Crippen molar-refractivity contribution in [3.63, 3.8) is 0 Å². The van der Waals surface area contributed by atoms with Gasteiger partial charge in [-0.05, 0) is 75.1 Å². The lowest BCUT2D eigenvalue weighted by Gasteiger charge is -2.41. The normalized spacial score (nSPS) is 20.6. The summed E-state index contributed by atoms with van der Waals surface area (Å²) in [5.41, 5.74) is 8.16. The molecule has 0 aliphatic heterocycles. The molecule has 0 saturated heterocycles. The van der Waals surface area contributed by atoms with Crippen LogP contribution < -0.4 is 9.47 Å². The van der Waals surface area contributed by atoms with E-state index in [1.54, 1.807) is 0 Å². The lowest BCUT2D eigenvalue weighted by atomic mass is 9.61. The fourth-order valence-electron chi connectivity index (χ4n) is 8.92. The van der Waals surface area contributed by atoms with Gasteiger partial charge in [0.1, 0.15) is 24.7 Å². The van der Waals surface area contributed by atoms with Crippen LogP contribution in [0, 0.1) is 19.8 Å². The van der Waals surface area contributed by atoms with E-state index in [2.05, 4.69) is 46.8 Å². The second kappa shape index (κ2) is 10.2. The zero-order chi connectivity index (χ0) is 30.7. The van der Waals surface area contributed by atoms with Crippen LogP contribution in [0.25, 0.3) is 0 Å². The maximum absolute atomic E-state index is 13.1. The lowest BCUT2D eigenvalue weighted by Crippen LogP contribution is -2.42. The molecule has 0 heterocycles. The summed E-state index contributed by atoms with van der Waals surface area (Å²) < 4.78 is 12.9. The molecular weight excluding hydrogens is 532 g/mol. The number of rotatable bonds is 8. The molecule has 0 unspecified atom stereocenters.